The van der Waals surface area contributed by atoms with Crippen LogP contribution in [0.3, 0.4) is 0 Å². The molecule has 3 rings (SSSR count). The first kappa shape index (κ1) is 15.8. The van der Waals surface area contributed by atoms with Gasteiger partial charge in [0.05, 0.1) is 11.1 Å². The summed E-state index contributed by atoms with van der Waals surface area (Å²) in [5.41, 5.74) is 0.0574. The maximum absolute atomic E-state index is 13.5. The zero-order chi connectivity index (χ0) is 16.4. The van der Waals surface area contributed by atoms with E-state index in [0.717, 1.165) is 17.4 Å². The minimum atomic E-state index is -3.81. The monoisotopic (exact) mass is 356 g/mol. The molecule has 2 aromatic heterocycles. The van der Waals surface area contributed by atoms with Crippen molar-refractivity contribution in [1.29, 1.82) is 0 Å². The van der Waals surface area contributed by atoms with E-state index < -0.39 is 21.7 Å². The summed E-state index contributed by atoms with van der Waals surface area (Å²) in [6.07, 6.45) is 1.46. The molecule has 0 bridgehead atoms. The van der Waals surface area contributed by atoms with Gasteiger partial charge in [0, 0.05) is 24.2 Å². The third-order valence-electron chi connectivity index (χ3n) is 2.99. The van der Waals surface area contributed by atoms with E-state index >= 15 is 0 Å². The molecule has 0 aliphatic rings. The number of nitrogens with zero attached hydrogens (tertiary/aromatic N) is 1. The highest BCUT2D eigenvalue weighted by atomic mass is 32.2. The highest BCUT2D eigenvalue weighted by molar-refractivity contribution is 7.91. The van der Waals surface area contributed by atoms with Crippen molar-refractivity contribution in [3.63, 3.8) is 0 Å². The van der Waals surface area contributed by atoms with Crippen LogP contribution in [0, 0.1) is 11.6 Å². The number of rotatable bonds is 5. The topological polar surface area (TPSA) is 72.2 Å². The minimum Gasteiger partial charge on any atom is -0.355 e. The maximum Gasteiger partial charge on any atom is 0.250 e. The summed E-state index contributed by atoms with van der Waals surface area (Å²) in [4.78, 5) is 0.607. The van der Waals surface area contributed by atoms with Crippen LogP contribution >= 0.6 is 11.3 Å². The Labute approximate surface area is 134 Å². The highest BCUT2D eigenvalue weighted by Gasteiger charge is 2.19. The van der Waals surface area contributed by atoms with Gasteiger partial charge in [-0.05, 0) is 18.2 Å². The molecule has 0 atom stereocenters. The van der Waals surface area contributed by atoms with Crippen LogP contribution in [0.1, 0.15) is 5.56 Å². The fourth-order valence-electron chi connectivity index (χ4n) is 1.85. The Bertz CT molecular complexity index is 921. The fraction of sp³-hybridized carbons (Fsp3) is 0.0714. The lowest BCUT2D eigenvalue weighted by Crippen LogP contribution is -2.22. The quantitative estimate of drug-likeness (QED) is 0.762. The molecule has 0 saturated heterocycles. The number of thiophene rings is 1. The fourth-order valence-corrected chi connectivity index (χ4v) is 4.16. The lowest BCUT2D eigenvalue weighted by Gasteiger charge is -2.06. The van der Waals surface area contributed by atoms with Crippen molar-refractivity contribution in [2.24, 2.45) is 0 Å². The van der Waals surface area contributed by atoms with Crippen molar-refractivity contribution >= 4 is 21.4 Å². The van der Waals surface area contributed by atoms with Crippen molar-refractivity contribution in [3.8, 4) is 10.6 Å². The molecule has 0 unspecified atom stereocenters. The first-order chi connectivity index (χ1) is 11.0. The van der Waals surface area contributed by atoms with Crippen molar-refractivity contribution in [3.05, 3.63) is 59.8 Å². The third-order valence-corrected chi connectivity index (χ3v) is 5.99. The summed E-state index contributed by atoms with van der Waals surface area (Å²) < 4.78 is 58.1. The molecule has 1 aromatic carbocycles. The number of halogens is 2. The van der Waals surface area contributed by atoms with Crippen molar-refractivity contribution in [2.75, 3.05) is 0 Å². The number of sulfonamides is 1. The van der Waals surface area contributed by atoms with E-state index in [2.05, 4.69) is 9.88 Å². The van der Waals surface area contributed by atoms with Gasteiger partial charge < -0.3 is 4.52 Å². The third kappa shape index (κ3) is 3.46. The standard InChI is InChI=1S/C14H10F2N2O3S2/c15-10-2-1-9(11(16)7-10)8-18-23(19,20)14-4-3-13(22-14)12-5-6-17-21-12/h1-7,18H,8H2. The summed E-state index contributed by atoms with van der Waals surface area (Å²) in [7, 11) is -3.81. The predicted molar refractivity (Wildman–Crippen MR) is 80.2 cm³/mol. The van der Waals surface area contributed by atoms with Crippen LogP contribution in [0.25, 0.3) is 10.6 Å². The van der Waals surface area contributed by atoms with Gasteiger partial charge in [-0.1, -0.05) is 11.2 Å². The van der Waals surface area contributed by atoms with Gasteiger partial charge in [0.2, 0.25) is 10.0 Å². The number of hydrogen-bond donors (Lipinski definition) is 1. The summed E-state index contributed by atoms with van der Waals surface area (Å²) >= 11 is 1.00. The van der Waals surface area contributed by atoms with E-state index in [-0.39, 0.29) is 16.3 Å². The Balaban J connectivity index is 1.77. The molecule has 120 valence electrons. The van der Waals surface area contributed by atoms with Crippen LogP contribution < -0.4 is 4.72 Å². The molecule has 2 heterocycles. The van der Waals surface area contributed by atoms with E-state index in [4.69, 9.17) is 4.52 Å². The molecule has 0 saturated carbocycles. The predicted octanol–water partition coefficient (Wildman–Crippen LogP) is 3.16. The molecular formula is C14H10F2N2O3S2. The molecular weight excluding hydrogens is 346 g/mol. The van der Waals surface area contributed by atoms with Gasteiger partial charge in [-0.15, -0.1) is 11.3 Å². The summed E-state index contributed by atoms with van der Waals surface area (Å²) in [6, 6.07) is 7.60. The molecule has 1 N–H and O–H groups in total. The molecule has 0 aliphatic heterocycles. The van der Waals surface area contributed by atoms with E-state index in [1.165, 1.54) is 18.3 Å². The van der Waals surface area contributed by atoms with Crippen LogP contribution in [-0.2, 0) is 16.6 Å². The largest absolute Gasteiger partial charge is 0.355 e. The normalized spacial score (nSPS) is 11.7. The molecule has 0 radical (unpaired) electrons. The molecule has 23 heavy (non-hydrogen) atoms. The van der Waals surface area contributed by atoms with Crippen LogP contribution in [0.5, 0.6) is 0 Å². The van der Waals surface area contributed by atoms with Gasteiger partial charge in [-0.3, -0.25) is 0 Å². The Morgan fingerprint density at radius 2 is 2.00 bits per heavy atom. The number of benzene rings is 1. The van der Waals surface area contributed by atoms with Crippen molar-refractivity contribution in [1.82, 2.24) is 9.88 Å². The molecule has 0 amide bonds. The van der Waals surface area contributed by atoms with Crippen LogP contribution in [0.2, 0.25) is 0 Å². The lowest BCUT2D eigenvalue weighted by molar-refractivity contribution is 0.433. The van der Waals surface area contributed by atoms with E-state index in [1.807, 2.05) is 0 Å². The van der Waals surface area contributed by atoms with E-state index in [1.54, 1.807) is 12.1 Å². The van der Waals surface area contributed by atoms with Gasteiger partial charge in [-0.2, -0.15) is 0 Å². The second-order valence-corrected chi connectivity index (χ2v) is 7.63. The summed E-state index contributed by atoms with van der Waals surface area (Å²) in [5.74, 6) is -1.06. The minimum absolute atomic E-state index is 0.0574. The van der Waals surface area contributed by atoms with Crippen molar-refractivity contribution in [2.45, 2.75) is 10.8 Å². The van der Waals surface area contributed by atoms with Crippen LogP contribution in [0.15, 0.2) is 51.3 Å². The molecule has 0 spiro atoms. The lowest BCUT2D eigenvalue weighted by atomic mass is 10.2. The van der Waals surface area contributed by atoms with Gasteiger partial charge >= 0.3 is 0 Å². The second kappa shape index (κ2) is 6.19. The number of nitrogens with one attached hydrogen (secondary N) is 1. The zero-order valence-corrected chi connectivity index (χ0v) is 13.1. The SMILES string of the molecule is O=S(=O)(NCc1ccc(F)cc1F)c1ccc(-c2ccno2)s1. The highest BCUT2D eigenvalue weighted by Crippen LogP contribution is 2.30. The van der Waals surface area contributed by atoms with Gasteiger partial charge in [0.15, 0.2) is 5.76 Å². The van der Waals surface area contributed by atoms with E-state index in [9.17, 15) is 17.2 Å². The Hall–Kier alpha value is -2.10. The second-order valence-electron chi connectivity index (χ2n) is 4.56. The average Bonchev–Trinajstić information content (AvgIpc) is 3.17. The zero-order valence-electron chi connectivity index (χ0n) is 11.5. The van der Waals surface area contributed by atoms with Crippen molar-refractivity contribution < 1.29 is 21.7 Å². The maximum atomic E-state index is 13.5. The van der Waals surface area contributed by atoms with Gasteiger partial charge in [0.25, 0.3) is 0 Å². The Morgan fingerprint density at radius 1 is 1.17 bits per heavy atom. The molecule has 0 aliphatic carbocycles. The average molecular weight is 356 g/mol. The molecule has 3 aromatic rings. The van der Waals surface area contributed by atoms with Gasteiger partial charge in [0.1, 0.15) is 15.8 Å². The van der Waals surface area contributed by atoms with E-state index in [0.29, 0.717) is 16.7 Å². The first-order valence-corrected chi connectivity index (χ1v) is 8.70. The molecule has 9 heteroatoms. The summed E-state index contributed by atoms with van der Waals surface area (Å²) in [6.45, 7) is -0.274. The first-order valence-electron chi connectivity index (χ1n) is 6.40. The number of aromatic nitrogens is 1. The van der Waals surface area contributed by atoms with Crippen LogP contribution in [0.4, 0.5) is 8.78 Å². The molecule has 0 fully saturated rings. The number of hydrogen-bond acceptors (Lipinski definition) is 5. The molecule has 5 nitrogen and oxygen atoms in total. The van der Waals surface area contributed by atoms with Crippen LogP contribution in [-0.4, -0.2) is 13.6 Å². The summed E-state index contributed by atoms with van der Waals surface area (Å²) in [5, 5.41) is 3.56. The Morgan fingerprint density at radius 3 is 2.70 bits per heavy atom. The smallest absolute Gasteiger partial charge is 0.250 e. The Kier molecular flexibility index (Phi) is 4.24. The van der Waals surface area contributed by atoms with Gasteiger partial charge in [-0.25, -0.2) is 21.9 Å².